The maximum Gasteiger partial charge on any atom is 0.338 e. The summed E-state index contributed by atoms with van der Waals surface area (Å²) in [4.78, 5) is 41.4. The van der Waals surface area contributed by atoms with E-state index in [2.05, 4.69) is 5.32 Å². The first-order valence-corrected chi connectivity index (χ1v) is 10.0. The Morgan fingerprint density at radius 3 is 2.70 bits per heavy atom. The second-order valence-electron chi connectivity index (χ2n) is 7.38. The van der Waals surface area contributed by atoms with Gasteiger partial charge in [0.25, 0.3) is 0 Å². The molecule has 0 bridgehead atoms. The van der Waals surface area contributed by atoms with Gasteiger partial charge < -0.3 is 15.0 Å². The number of hydrogen-bond donors (Lipinski definition) is 1. The van der Waals surface area contributed by atoms with Crippen LogP contribution in [0.2, 0.25) is 5.02 Å². The van der Waals surface area contributed by atoms with Crippen LogP contribution in [0.15, 0.2) is 59.8 Å². The standard InChI is InChI=1S/C22H18ClN3O4/c23-15-7-5-14(6-8-15)20-19-17(12-30-21(19)28)26(22(29)24-20)11-18(27)25-10-9-13-3-1-2-4-16(13)25/h1-8,20H,9-12H2,(H,24,29). The topological polar surface area (TPSA) is 79.0 Å². The van der Waals surface area contributed by atoms with Crippen molar-refractivity contribution in [1.29, 1.82) is 0 Å². The number of urea groups is 1. The first-order chi connectivity index (χ1) is 14.5. The Hall–Kier alpha value is -3.32. The molecule has 5 rings (SSSR count). The van der Waals surface area contributed by atoms with E-state index in [4.69, 9.17) is 16.3 Å². The third-order valence-electron chi connectivity index (χ3n) is 5.68. The molecule has 0 saturated heterocycles. The lowest BCUT2D eigenvalue weighted by Gasteiger charge is -2.33. The van der Waals surface area contributed by atoms with Gasteiger partial charge in [0.1, 0.15) is 13.2 Å². The number of fused-ring (bicyclic) bond motifs is 1. The fraction of sp³-hybridized carbons (Fsp3) is 0.227. The summed E-state index contributed by atoms with van der Waals surface area (Å²) >= 11 is 5.96. The number of para-hydroxylation sites is 1. The molecular weight excluding hydrogens is 406 g/mol. The highest BCUT2D eigenvalue weighted by molar-refractivity contribution is 6.30. The second-order valence-corrected chi connectivity index (χ2v) is 7.82. The molecule has 3 heterocycles. The van der Waals surface area contributed by atoms with Crippen LogP contribution in [0.3, 0.4) is 0 Å². The monoisotopic (exact) mass is 423 g/mol. The van der Waals surface area contributed by atoms with Crippen molar-refractivity contribution >= 4 is 35.2 Å². The number of rotatable bonds is 3. The molecule has 152 valence electrons. The average Bonchev–Trinajstić information content (AvgIpc) is 3.34. The van der Waals surface area contributed by atoms with Crippen LogP contribution in [0.25, 0.3) is 0 Å². The van der Waals surface area contributed by atoms with Crippen LogP contribution in [0.5, 0.6) is 0 Å². The van der Waals surface area contributed by atoms with Crippen LogP contribution in [0, 0.1) is 0 Å². The van der Waals surface area contributed by atoms with Gasteiger partial charge in [-0.15, -0.1) is 0 Å². The molecule has 1 unspecified atom stereocenters. The lowest BCUT2D eigenvalue weighted by Crippen LogP contribution is -2.51. The van der Waals surface area contributed by atoms with Crippen molar-refractivity contribution in [3.63, 3.8) is 0 Å². The van der Waals surface area contributed by atoms with Crippen molar-refractivity contribution in [2.45, 2.75) is 12.5 Å². The fourth-order valence-electron chi connectivity index (χ4n) is 4.20. The van der Waals surface area contributed by atoms with Gasteiger partial charge in [0.05, 0.1) is 17.3 Å². The molecule has 1 atom stereocenters. The molecule has 3 aliphatic rings. The number of nitrogens with one attached hydrogen (secondary N) is 1. The van der Waals surface area contributed by atoms with Crippen molar-refractivity contribution in [3.8, 4) is 0 Å². The van der Waals surface area contributed by atoms with Gasteiger partial charge >= 0.3 is 12.0 Å². The Balaban J connectivity index is 1.44. The third-order valence-corrected chi connectivity index (χ3v) is 5.94. The van der Waals surface area contributed by atoms with Crippen molar-refractivity contribution in [2.75, 3.05) is 24.6 Å². The molecule has 7 nitrogen and oxygen atoms in total. The molecule has 0 spiro atoms. The number of amides is 3. The SMILES string of the molecule is O=C1OCC2=C1C(c1ccc(Cl)cc1)NC(=O)N2CC(=O)N1CCc2ccccc21. The maximum absolute atomic E-state index is 13.0. The number of esters is 1. The first kappa shape index (κ1) is 18.7. The summed E-state index contributed by atoms with van der Waals surface area (Å²) in [6.45, 7) is 0.376. The number of benzene rings is 2. The largest absolute Gasteiger partial charge is 0.456 e. The van der Waals surface area contributed by atoms with Crippen LogP contribution in [-0.2, 0) is 20.7 Å². The molecule has 8 heteroatoms. The second kappa shape index (κ2) is 7.18. The Labute approximate surface area is 177 Å². The summed E-state index contributed by atoms with van der Waals surface area (Å²) in [5.41, 5.74) is 3.48. The minimum Gasteiger partial charge on any atom is -0.456 e. The van der Waals surface area contributed by atoms with Crippen molar-refractivity contribution < 1.29 is 19.1 Å². The Bertz CT molecular complexity index is 1100. The number of carbonyl (C=O) groups excluding carboxylic acids is 3. The van der Waals surface area contributed by atoms with E-state index in [1.165, 1.54) is 4.90 Å². The zero-order chi connectivity index (χ0) is 20.8. The summed E-state index contributed by atoms with van der Waals surface area (Å²) in [5.74, 6) is -0.694. The van der Waals surface area contributed by atoms with Crippen LogP contribution in [-0.4, -0.2) is 42.5 Å². The zero-order valence-corrected chi connectivity index (χ0v) is 16.7. The molecule has 1 N–H and O–H groups in total. The normalized spacial score (nSPS) is 20.1. The number of carbonyl (C=O) groups is 3. The van der Waals surface area contributed by atoms with Gasteiger partial charge in [-0.1, -0.05) is 41.9 Å². The van der Waals surface area contributed by atoms with Gasteiger partial charge in [0.2, 0.25) is 5.91 Å². The first-order valence-electron chi connectivity index (χ1n) is 9.65. The number of nitrogens with zero attached hydrogens (tertiary/aromatic N) is 2. The van der Waals surface area contributed by atoms with E-state index in [0.29, 0.717) is 22.8 Å². The summed E-state index contributed by atoms with van der Waals surface area (Å²) < 4.78 is 5.22. The number of anilines is 1. The minimum absolute atomic E-state index is 0.0322. The third kappa shape index (κ3) is 3.02. The van der Waals surface area contributed by atoms with Crippen molar-refractivity contribution in [2.24, 2.45) is 0 Å². The maximum atomic E-state index is 13.0. The molecule has 0 aliphatic carbocycles. The van der Waals surface area contributed by atoms with E-state index in [-0.39, 0.29) is 19.1 Å². The highest BCUT2D eigenvalue weighted by Gasteiger charge is 2.43. The molecule has 0 fully saturated rings. The van der Waals surface area contributed by atoms with E-state index in [1.54, 1.807) is 29.2 Å². The minimum atomic E-state index is -0.640. The smallest absolute Gasteiger partial charge is 0.338 e. The lowest BCUT2D eigenvalue weighted by molar-refractivity contribution is -0.136. The molecular formula is C22H18ClN3O4. The Kier molecular flexibility index (Phi) is 4.47. The molecule has 30 heavy (non-hydrogen) atoms. The van der Waals surface area contributed by atoms with E-state index in [0.717, 1.165) is 23.2 Å². The van der Waals surface area contributed by atoms with Gasteiger partial charge in [0, 0.05) is 17.3 Å². The molecule has 3 amide bonds. The molecule has 2 aromatic rings. The molecule has 3 aliphatic heterocycles. The van der Waals surface area contributed by atoms with Crippen LogP contribution < -0.4 is 10.2 Å². The van der Waals surface area contributed by atoms with E-state index < -0.39 is 18.0 Å². The van der Waals surface area contributed by atoms with Crippen LogP contribution in [0.1, 0.15) is 17.2 Å². The highest BCUT2D eigenvalue weighted by Crippen LogP contribution is 2.36. The van der Waals surface area contributed by atoms with Crippen LogP contribution >= 0.6 is 11.6 Å². The van der Waals surface area contributed by atoms with Gasteiger partial charge in [-0.3, -0.25) is 9.69 Å². The zero-order valence-electron chi connectivity index (χ0n) is 15.9. The lowest BCUT2D eigenvalue weighted by atomic mass is 9.96. The summed E-state index contributed by atoms with van der Waals surface area (Å²) in [6, 6.07) is 13.6. The number of hydrogen-bond acceptors (Lipinski definition) is 4. The quantitative estimate of drug-likeness (QED) is 0.770. The van der Waals surface area contributed by atoms with Crippen molar-refractivity contribution in [3.05, 3.63) is 76.0 Å². The fourth-order valence-corrected chi connectivity index (χ4v) is 4.33. The summed E-state index contributed by atoms with van der Waals surface area (Å²) in [6.07, 6.45) is 0.780. The number of ether oxygens (including phenoxy) is 1. The Morgan fingerprint density at radius 1 is 1.13 bits per heavy atom. The highest BCUT2D eigenvalue weighted by atomic mass is 35.5. The van der Waals surface area contributed by atoms with Gasteiger partial charge in [-0.2, -0.15) is 0 Å². The predicted molar refractivity (Wildman–Crippen MR) is 110 cm³/mol. The van der Waals surface area contributed by atoms with E-state index in [9.17, 15) is 14.4 Å². The number of cyclic esters (lactones) is 1. The average molecular weight is 424 g/mol. The summed E-state index contributed by atoms with van der Waals surface area (Å²) in [7, 11) is 0. The molecule has 0 aromatic heterocycles. The summed E-state index contributed by atoms with van der Waals surface area (Å²) in [5, 5.41) is 3.39. The van der Waals surface area contributed by atoms with E-state index in [1.807, 2.05) is 24.3 Å². The van der Waals surface area contributed by atoms with Gasteiger partial charge in [0.15, 0.2) is 0 Å². The van der Waals surface area contributed by atoms with Crippen LogP contribution in [0.4, 0.5) is 10.5 Å². The van der Waals surface area contributed by atoms with E-state index >= 15 is 0 Å². The predicted octanol–water partition coefficient (Wildman–Crippen LogP) is 2.81. The molecule has 2 aromatic carbocycles. The van der Waals surface area contributed by atoms with Crippen molar-refractivity contribution in [1.82, 2.24) is 10.2 Å². The molecule has 0 saturated carbocycles. The number of halogens is 1. The van der Waals surface area contributed by atoms with Gasteiger partial charge in [-0.05, 0) is 35.7 Å². The Morgan fingerprint density at radius 2 is 1.90 bits per heavy atom. The molecule has 0 radical (unpaired) electrons. The van der Waals surface area contributed by atoms with Gasteiger partial charge in [-0.25, -0.2) is 9.59 Å².